The van der Waals surface area contributed by atoms with Gasteiger partial charge in [0.15, 0.2) is 11.5 Å². The fourth-order valence-corrected chi connectivity index (χ4v) is 2.75. The molecule has 0 fully saturated rings. The average Bonchev–Trinajstić information content (AvgIpc) is 2.39. The average molecular weight is 280 g/mol. The summed E-state index contributed by atoms with van der Waals surface area (Å²) in [6.45, 7) is 8.63. The SMILES string of the molecule is CCN(C(C)CN(C)C)C(C)c1ccc(O)c(OC)c1. The highest BCUT2D eigenvalue weighted by Crippen LogP contribution is 2.31. The first-order valence-corrected chi connectivity index (χ1v) is 7.18. The van der Waals surface area contributed by atoms with Crippen LogP contribution in [-0.4, -0.2) is 55.2 Å². The van der Waals surface area contributed by atoms with Crippen LogP contribution in [0.5, 0.6) is 11.5 Å². The highest BCUT2D eigenvalue weighted by Gasteiger charge is 2.21. The summed E-state index contributed by atoms with van der Waals surface area (Å²) in [5.74, 6) is 0.721. The minimum Gasteiger partial charge on any atom is -0.504 e. The van der Waals surface area contributed by atoms with Gasteiger partial charge < -0.3 is 14.7 Å². The molecule has 20 heavy (non-hydrogen) atoms. The van der Waals surface area contributed by atoms with Gasteiger partial charge in [-0.25, -0.2) is 0 Å². The van der Waals surface area contributed by atoms with Crippen molar-refractivity contribution in [1.82, 2.24) is 9.80 Å². The Hall–Kier alpha value is -1.26. The van der Waals surface area contributed by atoms with Gasteiger partial charge >= 0.3 is 0 Å². The Labute approximate surface area is 123 Å². The molecule has 0 radical (unpaired) electrons. The zero-order chi connectivity index (χ0) is 15.3. The zero-order valence-electron chi connectivity index (χ0n) is 13.6. The molecule has 2 atom stereocenters. The smallest absolute Gasteiger partial charge is 0.160 e. The molecule has 1 aromatic carbocycles. The van der Waals surface area contributed by atoms with E-state index in [-0.39, 0.29) is 11.8 Å². The Morgan fingerprint density at radius 1 is 1.25 bits per heavy atom. The molecular formula is C16H28N2O2. The summed E-state index contributed by atoms with van der Waals surface area (Å²) in [6, 6.07) is 6.34. The zero-order valence-corrected chi connectivity index (χ0v) is 13.6. The number of aromatic hydroxyl groups is 1. The van der Waals surface area contributed by atoms with E-state index >= 15 is 0 Å². The van der Waals surface area contributed by atoms with Crippen LogP contribution in [0.1, 0.15) is 32.4 Å². The number of phenolic OH excluding ortho intramolecular Hbond substituents is 1. The first-order chi connectivity index (χ1) is 9.40. The van der Waals surface area contributed by atoms with Crippen molar-refractivity contribution in [2.75, 3.05) is 34.3 Å². The van der Waals surface area contributed by atoms with Gasteiger partial charge in [0, 0.05) is 18.6 Å². The molecule has 2 unspecified atom stereocenters. The first kappa shape index (κ1) is 16.8. The highest BCUT2D eigenvalue weighted by atomic mass is 16.5. The number of benzene rings is 1. The summed E-state index contributed by atoms with van der Waals surface area (Å²) in [5, 5.41) is 9.70. The summed E-state index contributed by atoms with van der Waals surface area (Å²) in [6.07, 6.45) is 0. The van der Waals surface area contributed by atoms with Gasteiger partial charge in [0.25, 0.3) is 0 Å². The lowest BCUT2D eigenvalue weighted by atomic mass is 10.0. The van der Waals surface area contributed by atoms with Crippen molar-refractivity contribution in [3.63, 3.8) is 0 Å². The second-order valence-electron chi connectivity index (χ2n) is 5.55. The third kappa shape index (κ3) is 4.12. The number of nitrogens with zero attached hydrogens (tertiary/aromatic N) is 2. The van der Waals surface area contributed by atoms with Gasteiger partial charge in [-0.1, -0.05) is 13.0 Å². The maximum atomic E-state index is 9.70. The van der Waals surface area contributed by atoms with Gasteiger partial charge in [-0.2, -0.15) is 0 Å². The third-order valence-electron chi connectivity index (χ3n) is 3.74. The maximum Gasteiger partial charge on any atom is 0.160 e. The second kappa shape index (κ2) is 7.50. The lowest BCUT2D eigenvalue weighted by molar-refractivity contribution is 0.136. The van der Waals surface area contributed by atoms with Crippen LogP contribution >= 0.6 is 0 Å². The molecule has 4 heteroatoms. The molecule has 1 N–H and O–H groups in total. The molecule has 0 bridgehead atoms. The number of ether oxygens (including phenoxy) is 1. The lowest BCUT2D eigenvalue weighted by Gasteiger charge is -2.35. The van der Waals surface area contributed by atoms with Gasteiger partial charge in [0.1, 0.15) is 0 Å². The van der Waals surface area contributed by atoms with Crippen molar-refractivity contribution in [2.45, 2.75) is 32.9 Å². The second-order valence-corrected chi connectivity index (χ2v) is 5.55. The fourth-order valence-electron chi connectivity index (χ4n) is 2.75. The topological polar surface area (TPSA) is 35.9 Å². The largest absolute Gasteiger partial charge is 0.504 e. The van der Waals surface area contributed by atoms with Crippen molar-refractivity contribution in [1.29, 1.82) is 0 Å². The molecule has 1 aromatic rings. The van der Waals surface area contributed by atoms with Crippen LogP contribution in [0, 0.1) is 0 Å². The molecule has 0 amide bonds. The number of methoxy groups -OCH3 is 1. The lowest BCUT2D eigenvalue weighted by Crippen LogP contribution is -2.41. The van der Waals surface area contributed by atoms with Crippen molar-refractivity contribution in [3.8, 4) is 11.5 Å². The van der Waals surface area contributed by atoms with Crippen LogP contribution in [0.25, 0.3) is 0 Å². The van der Waals surface area contributed by atoms with Gasteiger partial charge in [0.2, 0.25) is 0 Å². The van der Waals surface area contributed by atoms with Crippen LogP contribution in [0.3, 0.4) is 0 Å². The highest BCUT2D eigenvalue weighted by molar-refractivity contribution is 5.42. The fraction of sp³-hybridized carbons (Fsp3) is 0.625. The predicted octanol–water partition coefficient (Wildman–Crippen LogP) is 2.73. The normalized spacial score (nSPS) is 14.6. The summed E-state index contributed by atoms with van der Waals surface area (Å²) in [5.41, 5.74) is 1.16. The molecule has 0 saturated carbocycles. The Bertz CT molecular complexity index is 421. The summed E-state index contributed by atoms with van der Waals surface area (Å²) >= 11 is 0. The van der Waals surface area contributed by atoms with E-state index in [1.807, 2.05) is 12.1 Å². The maximum absolute atomic E-state index is 9.70. The minimum atomic E-state index is 0.188. The standard InChI is InChI=1S/C16H28N2O2/c1-7-18(12(2)11-17(4)5)13(3)14-8-9-15(19)16(10-14)20-6/h8-10,12-13,19H,7,11H2,1-6H3. The van der Waals surface area contributed by atoms with Gasteiger partial charge in [0.05, 0.1) is 7.11 Å². The first-order valence-electron chi connectivity index (χ1n) is 7.18. The number of phenols is 1. The molecule has 0 aliphatic rings. The van der Waals surface area contributed by atoms with Crippen molar-refractivity contribution < 1.29 is 9.84 Å². The Morgan fingerprint density at radius 2 is 1.90 bits per heavy atom. The quantitative estimate of drug-likeness (QED) is 0.833. The van der Waals surface area contributed by atoms with Crippen molar-refractivity contribution >= 4 is 0 Å². The van der Waals surface area contributed by atoms with E-state index in [4.69, 9.17) is 4.74 Å². The van der Waals surface area contributed by atoms with Crippen molar-refractivity contribution in [3.05, 3.63) is 23.8 Å². The van der Waals surface area contributed by atoms with Crippen LogP contribution in [0.2, 0.25) is 0 Å². The Morgan fingerprint density at radius 3 is 2.40 bits per heavy atom. The molecule has 0 spiro atoms. The van der Waals surface area contributed by atoms with E-state index in [1.165, 1.54) is 0 Å². The monoisotopic (exact) mass is 280 g/mol. The summed E-state index contributed by atoms with van der Waals surface area (Å²) in [7, 11) is 5.77. The number of rotatable bonds is 7. The van der Waals surface area contributed by atoms with Crippen LogP contribution in [0.15, 0.2) is 18.2 Å². The minimum absolute atomic E-state index is 0.188. The van der Waals surface area contributed by atoms with E-state index < -0.39 is 0 Å². The van der Waals surface area contributed by atoms with E-state index in [1.54, 1.807) is 13.2 Å². The molecule has 0 aliphatic heterocycles. The van der Waals surface area contributed by atoms with E-state index in [2.05, 4.69) is 44.7 Å². The number of hydrogen-bond acceptors (Lipinski definition) is 4. The Kier molecular flexibility index (Phi) is 6.30. The molecule has 4 nitrogen and oxygen atoms in total. The van der Waals surface area contributed by atoms with E-state index in [0.29, 0.717) is 11.8 Å². The van der Waals surface area contributed by atoms with Gasteiger partial charge in [-0.05, 0) is 52.2 Å². The van der Waals surface area contributed by atoms with Crippen molar-refractivity contribution in [2.24, 2.45) is 0 Å². The molecule has 0 saturated heterocycles. The van der Waals surface area contributed by atoms with Crippen LogP contribution < -0.4 is 4.74 Å². The molecular weight excluding hydrogens is 252 g/mol. The van der Waals surface area contributed by atoms with Gasteiger partial charge in [-0.3, -0.25) is 4.90 Å². The van der Waals surface area contributed by atoms with Crippen LogP contribution in [0.4, 0.5) is 0 Å². The van der Waals surface area contributed by atoms with E-state index in [0.717, 1.165) is 18.7 Å². The molecule has 0 aliphatic carbocycles. The summed E-state index contributed by atoms with van der Waals surface area (Å²) < 4.78 is 5.20. The number of hydrogen-bond donors (Lipinski definition) is 1. The molecule has 0 aromatic heterocycles. The third-order valence-corrected chi connectivity index (χ3v) is 3.74. The predicted molar refractivity (Wildman–Crippen MR) is 83.5 cm³/mol. The molecule has 0 heterocycles. The van der Waals surface area contributed by atoms with Crippen LogP contribution in [-0.2, 0) is 0 Å². The molecule has 114 valence electrons. The number of likely N-dealkylation sites (N-methyl/N-ethyl adjacent to an activating group) is 2. The summed E-state index contributed by atoms with van der Waals surface area (Å²) in [4.78, 5) is 4.66. The van der Waals surface area contributed by atoms with E-state index in [9.17, 15) is 5.11 Å². The van der Waals surface area contributed by atoms with Gasteiger partial charge in [-0.15, -0.1) is 0 Å². The Balaban J connectivity index is 2.93. The molecule has 1 rings (SSSR count).